The molecule has 0 radical (unpaired) electrons. The fraction of sp³-hybridized carbons (Fsp3) is 0.161. The molecule has 0 aliphatic carbocycles. The summed E-state index contributed by atoms with van der Waals surface area (Å²) >= 11 is 0. The lowest BCUT2D eigenvalue weighted by atomic mass is 10.1. The Morgan fingerprint density at radius 1 is 0.872 bits per heavy atom. The molecule has 5 aromatic rings. The number of carbonyl (C=O) groups excluding carboxylic acids is 2. The highest BCUT2D eigenvalue weighted by molar-refractivity contribution is 6.37. The number of Topliss-reactive ketones (excluding diaryl/α,β-unsaturated/α-hetero) is 1. The highest BCUT2D eigenvalue weighted by Gasteiger charge is 2.20. The Morgan fingerprint density at radius 3 is 1.82 bits per heavy atom. The summed E-state index contributed by atoms with van der Waals surface area (Å²) in [5.74, 6) is 0.811. The fourth-order valence-electron chi connectivity index (χ4n) is 3.41. The van der Waals surface area contributed by atoms with Gasteiger partial charge in [-0.05, 0) is 46.7 Å². The van der Waals surface area contributed by atoms with Crippen molar-refractivity contribution in [2.75, 3.05) is 0 Å². The molecule has 0 bridgehead atoms. The van der Waals surface area contributed by atoms with Crippen LogP contribution in [-0.2, 0) is 4.79 Å². The number of ketones is 1. The highest BCUT2D eigenvalue weighted by Crippen LogP contribution is 2.24. The van der Waals surface area contributed by atoms with Gasteiger partial charge in [0.15, 0.2) is 11.5 Å². The average Bonchev–Trinajstić information content (AvgIpc) is 3.19. The maximum atomic E-state index is 11.9. The van der Waals surface area contributed by atoms with E-state index in [1.165, 1.54) is 19.2 Å². The first-order valence-corrected chi connectivity index (χ1v) is 11.6. The SMILES string of the molecule is C.CC(=O)/C(C)=N/O.Cc1oc(-c2ccc3ccccc3c2)[n+]([O-])c1C.Cl.O=Cc1ccc2ccccc2c1. The van der Waals surface area contributed by atoms with Crippen LogP contribution in [0.3, 0.4) is 0 Å². The van der Waals surface area contributed by atoms with Gasteiger partial charge in [0.05, 0.1) is 5.56 Å². The third kappa shape index (κ3) is 8.25. The van der Waals surface area contributed by atoms with E-state index >= 15 is 0 Å². The molecule has 0 saturated carbocycles. The zero-order valence-electron chi connectivity index (χ0n) is 21.5. The van der Waals surface area contributed by atoms with Crippen LogP contribution in [0.15, 0.2) is 94.5 Å². The number of halogens is 1. The number of fused-ring (bicyclic) bond motifs is 2. The van der Waals surface area contributed by atoms with E-state index in [1.807, 2.05) is 84.9 Å². The molecular weight excluding hydrogens is 516 g/mol. The van der Waals surface area contributed by atoms with Crippen LogP contribution in [0.2, 0.25) is 0 Å². The molecule has 0 fully saturated rings. The molecule has 1 N–H and O–H groups in total. The molecule has 1 aromatic heterocycles. The van der Waals surface area contributed by atoms with Gasteiger partial charge in [-0.15, -0.1) is 17.1 Å². The van der Waals surface area contributed by atoms with E-state index in [2.05, 4.69) is 5.16 Å². The van der Waals surface area contributed by atoms with Gasteiger partial charge in [0.2, 0.25) is 5.69 Å². The van der Waals surface area contributed by atoms with E-state index in [1.54, 1.807) is 13.8 Å². The standard InChI is InChI=1S/C15H13NO2.C11H8O.C4H7NO2.CH4.ClH/c1-10-11(2)18-15(16(10)17)14-8-7-12-5-3-4-6-13(12)9-14;12-8-9-5-6-10-3-1-2-4-11(10)7-9;1-3(5-7)4(2)6;;/h3-9H,1-2H3;1-8H;7H,1-2H3;1H4;1H/b;;5-3+;;. The van der Waals surface area contributed by atoms with Crippen molar-refractivity contribution < 1.29 is 23.9 Å². The molecule has 4 aromatic carbocycles. The Labute approximate surface area is 234 Å². The van der Waals surface area contributed by atoms with Crippen molar-refractivity contribution in [2.45, 2.75) is 35.1 Å². The summed E-state index contributed by atoms with van der Waals surface area (Å²) in [5, 5.41) is 27.0. The lowest BCUT2D eigenvalue weighted by molar-refractivity contribution is -0.602. The number of oxazole rings is 1. The van der Waals surface area contributed by atoms with E-state index in [0.29, 0.717) is 17.3 Å². The van der Waals surface area contributed by atoms with Gasteiger partial charge in [0.25, 0.3) is 0 Å². The van der Waals surface area contributed by atoms with Crippen LogP contribution in [-0.4, -0.2) is 23.0 Å². The van der Waals surface area contributed by atoms with Gasteiger partial charge in [0, 0.05) is 26.3 Å². The normalized spacial score (nSPS) is 10.2. The van der Waals surface area contributed by atoms with Crippen molar-refractivity contribution in [3.8, 4) is 11.5 Å². The highest BCUT2D eigenvalue weighted by atomic mass is 35.5. The van der Waals surface area contributed by atoms with Gasteiger partial charge >= 0.3 is 5.89 Å². The van der Waals surface area contributed by atoms with Gasteiger partial charge < -0.3 is 14.8 Å². The van der Waals surface area contributed by atoms with Crippen LogP contribution in [0.1, 0.15) is 43.1 Å². The lowest BCUT2D eigenvalue weighted by Gasteiger charge is -2.00. The Hall–Kier alpha value is -4.49. The van der Waals surface area contributed by atoms with Crippen LogP contribution >= 0.6 is 12.4 Å². The van der Waals surface area contributed by atoms with Gasteiger partial charge in [-0.1, -0.05) is 79.3 Å². The first-order valence-electron chi connectivity index (χ1n) is 11.6. The third-order valence-corrected chi connectivity index (χ3v) is 5.81. The number of carbonyl (C=O) groups is 2. The maximum Gasteiger partial charge on any atom is 0.392 e. The summed E-state index contributed by atoms with van der Waals surface area (Å²) in [6.07, 6.45) is 0.867. The minimum Gasteiger partial charge on any atom is -0.616 e. The summed E-state index contributed by atoms with van der Waals surface area (Å²) in [4.78, 5) is 20.5. The molecule has 0 saturated heterocycles. The Bertz CT molecular complexity index is 1590. The molecule has 8 heteroatoms. The summed E-state index contributed by atoms with van der Waals surface area (Å²) in [6.45, 7) is 6.35. The first-order chi connectivity index (χ1) is 17.7. The number of aryl methyl sites for hydroxylation is 1. The number of rotatable bonds is 3. The molecule has 5 rings (SSSR count). The summed E-state index contributed by atoms with van der Waals surface area (Å²) in [7, 11) is 0. The summed E-state index contributed by atoms with van der Waals surface area (Å²) in [5.41, 5.74) is 2.28. The van der Waals surface area contributed by atoms with Crippen molar-refractivity contribution in [1.82, 2.24) is 0 Å². The molecule has 0 aliphatic rings. The minimum absolute atomic E-state index is 0. The quantitative estimate of drug-likeness (QED) is 0.0627. The third-order valence-electron chi connectivity index (χ3n) is 5.81. The van der Waals surface area contributed by atoms with Gasteiger partial charge in [0.1, 0.15) is 12.0 Å². The second kappa shape index (κ2) is 15.1. The lowest BCUT2D eigenvalue weighted by Crippen LogP contribution is -2.29. The predicted octanol–water partition coefficient (Wildman–Crippen LogP) is 7.49. The van der Waals surface area contributed by atoms with Gasteiger partial charge in [-0.25, -0.2) is 0 Å². The minimum atomic E-state index is -0.206. The van der Waals surface area contributed by atoms with Crippen LogP contribution in [0.25, 0.3) is 33.0 Å². The van der Waals surface area contributed by atoms with Gasteiger partial charge in [-0.3, -0.25) is 9.59 Å². The van der Waals surface area contributed by atoms with E-state index < -0.39 is 0 Å². The fourth-order valence-corrected chi connectivity index (χ4v) is 3.41. The van der Waals surface area contributed by atoms with Crippen LogP contribution < -0.4 is 4.73 Å². The van der Waals surface area contributed by atoms with E-state index in [4.69, 9.17) is 9.62 Å². The molecule has 0 aliphatic heterocycles. The molecule has 0 unspecified atom stereocenters. The van der Waals surface area contributed by atoms with Crippen molar-refractivity contribution >= 4 is 51.7 Å². The Balaban J connectivity index is 0.000000316. The average molecular weight is 549 g/mol. The van der Waals surface area contributed by atoms with Crippen LogP contribution in [0, 0.1) is 19.1 Å². The summed E-state index contributed by atoms with van der Waals surface area (Å²) < 4.78 is 6.38. The maximum absolute atomic E-state index is 11.9. The zero-order valence-corrected chi connectivity index (χ0v) is 22.4. The predicted molar refractivity (Wildman–Crippen MR) is 159 cm³/mol. The van der Waals surface area contributed by atoms with Crippen molar-refractivity contribution in [1.29, 1.82) is 0 Å². The molecule has 0 atom stereocenters. The largest absolute Gasteiger partial charge is 0.616 e. The Kier molecular flexibility index (Phi) is 12.6. The Morgan fingerprint density at radius 2 is 1.38 bits per heavy atom. The first kappa shape index (κ1) is 32.5. The summed E-state index contributed by atoms with van der Waals surface area (Å²) in [6, 6.07) is 27.6. The van der Waals surface area contributed by atoms with E-state index in [9.17, 15) is 14.8 Å². The number of aldehydes is 1. The van der Waals surface area contributed by atoms with Crippen LogP contribution in [0.5, 0.6) is 0 Å². The topological polar surface area (TPSA) is 107 Å². The van der Waals surface area contributed by atoms with Gasteiger partial charge in [-0.2, -0.15) is 0 Å². The zero-order chi connectivity index (χ0) is 26.9. The van der Waals surface area contributed by atoms with Crippen LogP contribution in [0.4, 0.5) is 0 Å². The number of benzene rings is 4. The molecule has 7 nitrogen and oxygen atoms in total. The monoisotopic (exact) mass is 548 g/mol. The number of aromatic nitrogens is 1. The number of oxime groups is 1. The number of hydrogen-bond donors (Lipinski definition) is 1. The second-order valence-corrected chi connectivity index (χ2v) is 8.37. The van der Waals surface area contributed by atoms with Crippen molar-refractivity contribution in [2.24, 2.45) is 5.16 Å². The smallest absolute Gasteiger partial charge is 0.392 e. The van der Waals surface area contributed by atoms with Crippen molar-refractivity contribution in [3.05, 3.63) is 107 Å². The molecule has 39 heavy (non-hydrogen) atoms. The van der Waals surface area contributed by atoms with E-state index in [-0.39, 0.29) is 31.3 Å². The van der Waals surface area contributed by atoms with Crippen molar-refractivity contribution in [3.63, 3.8) is 0 Å². The number of hydrogen-bond acceptors (Lipinski definition) is 6. The molecule has 1 heterocycles. The molecule has 204 valence electrons. The van der Waals surface area contributed by atoms with E-state index in [0.717, 1.165) is 38.3 Å². The molecule has 0 amide bonds. The number of nitrogens with zero attached hydrogens (tertiary/aromatic N) is 2. The second-order valence-electron chi connectivity index (χ2n) is 8.37. The molecular formula is C31H33ClN2O5. The molecule has 0 spiro atoms.